The topological polar surface area (TPSA) is 21.3 Å². The third kappa shape index (κ3) is 3.77. The van der Waals surface area contributed by atoms with Gasteiger partial charge in [-0.15, -0.1) is 0 Å². The minimum absolute atomic E-state index is 0.585. The highest BCUT2D eigenvalue weighted by Gasteiger charge is 1.97. The Hall–Kier alpha value is -0.570. The zero-order chi connectivity index (χ0) is 9.52. The van der Waals surface area contributed by atoms with Crippen LogP contribution in [0.2, 0.25) is 5.02 Å². The predicted octanol–water partition coefficient (Wildman–Crippen LogP) is 2.08. The summed E-state index contributed by atoms with van der Waals surface area (Å²) in [5.41, 5.74) is 1.04. The van der Waals surface area contributed by atoms with Gasteiger partial charge >= 0.3 is 0 Å². The molecule has 0 aliphatic rings. The summed E-state index contributed by atoms with van der Waals surface area (Å²) in [4.78, 5) is 0. The summed E-state index contributed by atoms with van der Waals surface area (Å²) >= 11 is 5.94. The average molecular weight is 200 g/mol. The third-order valence-corrected chi connectivity index (χ3v) is 2.08. The van der Waals surface area contributed by atoms with Gasteiger partial charge in [-0.25, -0.2) is 0 Å². The SMILES string of the molecule is CNCCOCc1ccccc1Cl. The van der Waals surface area contributed by atoms with Gasteiger partial charge in [0.05, 0.1) is 13.2 Å². The van der Waals surface area contributed by atoms with E-state index in [0.717, 1.165) is 17.1 Å². The van der Waals surface area contributed by atoms with Gasteiger partial charge < -0.3 is 10.1 Å². The second-order valence-corrected chi connectivity index (χ2v) is 3.15. The van der Waals surface area contributed by atoms with Crippen molar-refractivity contribution in [3.05, 3.63) is 34.9 Å². The van der Waals surface area contributed by atoms with E-state index in [1.807, 2.05) is 31.3 Å². The summed E-state index contributed by atoms with van der Waals surface area (Å²) in [5, 5.41) is 3.78. The fraction of sp³-hybridized carbons (Fsp3) is 0.400. The zero-order valence-electron chi connectivity index (χ0n) is 7.72. The lowest BCUT2D eigenvalue weighted by Gasteiger charge is -2.05. The number of ether oxygens (including phenoxy) is 1. The molecule has 1 rings (SSSR count). The molecule has 0 saturated heterocycles. The first-order valence-electron chi connectivity index (χ1n) is 4.30. The Kier molecular flexibility index (Phi) is 4.83. The van der Waals surface area contributed by atoms with Crippen LogP contribution in [0.3, 0.4) is 0 Å². The largest absolute Gasteiger partial charge is 0.375 e. The lowest BCUT2D eigenvalue weighted by Crippen LogP contribution is -2.14. The molecule has 0 fully saturated rings. The molecule has 0 radical (unpaired) electrons. The van der Waals surface area contributed by atoms with Gasteiger partial charge in [0.2, 0.25) is 0 Å². The molecule has 0 aliphatic carbocycles. The first-order valence-corrected chi connectivity index (χ1v) is 4.68. The number of halogens is 1. The van der Waals surface area contributed by atoms with E-state index in [9.17, 15) is 0 Å². The Bertz CT molecular complexity index is 252. The standard InChI is InChI=1S/C10H14ClNO/c1-12-6-7-13-8-9-4-2-3-5-10(9)11/h2-5,12H,6-8H2,1H3. The summed E-state index contributed by atoms with van der Waals surface area (Å²) < 4.78 is 5.39. The van der Waals surface area contributed by atoms with Crippen LogP contribution in [0, 0.1) is 0 Å². The summed E-state index contributed by atoms with van der Waals surface area (Å²) in [5.74, 6) is 0. The summed E-state index contributed by atoms with van der Waals surface area (Å²) in [7, 11) is 1.90. The lowest BCUT2D eigenvalue weighted by molar-refractivity contribution is 0.124. The number of benzene rings is 1. The minimum Gasteiger partial charge on any atom is -0.375 e. The highest BCUT2D eigenvalue weighted by atomic mass is 35.5. The van der Waals surface area contributed by atoms with E-state index in [-0.39, 0.29) is 0 Å². The smallest absolute Gasteiger partial charge is 0.0731 e. The van der Waals surface area contributed by atoms with Crippen molar-refractivity contribution < 1.29 is 4.74 Å². The van der Waals surface area contributed by atoms with Crippen LogP contribution < -0.4 is 5.32 Å². The van der Waals surface area contributed by atoms with Crippen molar-refractivity contribution in [2.24, 2.45) is 0 Å². The van der Waals surface area contributed by atoms with Gasteiger partial charge in [-0.05, 0) is 18.7 Å². The highest BCUT2D eigenvalue weighted by molar-refractivity contribution is 6.31. The number of hydrogen-bond acceptors (Lipinski definition) is 2. The number of rotatable bonds is 5. The Morgan fingerprint density at radius 2 is 2.15 bits per heavy atom. The molecule has 0 saturated carbocycles. The lowest BCUT2D eigenvalue weighted by atomic mass is 10.2. The van der Waals surface area contributed by atoms with Crippen LogP contribution in [0.15, 0.2) is 24.3 Å². The predicted molar refractivity (Wildman–Crippen MR) is 55.0 cm³/mol. The van der Waals surface area contributed by atoms with Crippen molar-refractivity contribution in [3.8, 4) is 0 Å². The molecular formula is C10H14ClNO. The van der Waals surface area contributed by atoms with Crippen LogP contribution in [0.25, 0.3) is 0 Å². The van der Waals surface area contributed by atoms with Gasteiger partial charge in [-0.2, -0.15) is 0 Å². The van der Waals surface area contributed by atoms with Crippen LogP contribution in [-0.2, 0) is 11.3 Å². The molecule has 0 unspecified atom stereocenters. The van der Waals surface area contributed by atoms with Crippen molar-refractivity contribution in [1.82, 2.24) is 5.32 Å². The maximum absolute atomic E-state index is 5.94. The minimum atomic E-state index is 0.585. The van der Waals surface area contributed by atoms with Crippen molar-refractivity contribution >= 4 is 11.6 Å². The van der Waals surface area contributed by atoms with Gasteiger partial charge in [0.15, 0.2) is 0 Å². The van der Waals surface area contributed by atoms with Gasteiger partial charge in [-0.3, -0.25) is 0 Å². The van der Waals surface area contributed by atoms with Crippen molar-refractivity contribution in [2.45, 2.75) is 6.61 Å². The van der Waals surface area contributed by atoms with Gasteiger partial charge in [0, 0.05) is 11.6 Å². The quantitative estimate of drug-likeness (QED) is 0.734. The zero-order valence-corrected chi connectivity index (χ0v) is 8.47. The molecule has 0 aromatic heterocycles. The van der Waals surface area contributed by atoms with E-state index < -0.39 is 0 Å². The first kappa shape index (κ1) is 10.5. The molecule has 1 aromatic rings. The second-order valence-electron chi connectivity index (χ2n) is 2.75. The molecule has 3 heteroatoms. The number of nitrogens with one attached hydrogen (secondary N) is 1. The molecule has 1 N–H and O–H groups in total. The molecule has 1 aromatic carbocycles. The molecule has 0 atom stereocenters. The Balaban J connectivity index is 2.32. The molecule has 0 amide bonds. The first-order chi connectivity index (χ1) is 6.34. The van der Waals surface area contributed by atoms with Gasteiger partial charge in [0.25, 0.3) is 0 Å². The fourth-order valence-electron chi connectivity index (χ4n) is 0.972. The van der Waals surface area contributed by atoms with Crippen molar-refractivity contribution in [3.63, 3.8) is 0 Å². The van der Waals surface area contributed by atoms with Crippen molar-refractivity contribution in [2.75, 3.05) is 20.2 Å². The normalized spacial score (nSPS) is 10.3. The van der Waals surface area contributed by atoms with E-state index in [2.05, 4.69) is 5.32 Å². The molecule has 0 heterocycles. The van der Waals surface area contributed by atoms with E-state index in [4.69, 9.17) is 16.3 Å². The van der Waals surface area contributed by atoms with E-state index in [1.54, 1.807) is 0 Å². The number of hydrogen-bond donors (Lipinski definition) is 1. The molecule has 0 aliphatic heterocycles. The molecule has 13 heavy (non-hydrogen) atoms. The molecule has 0 spiro atoms. The average Bonchev–Trinajstić information content (AvgIpc) is 2.15. The van der Waals surface area contributed by atoms with E-state index in [1.165, 1.54) is 0 Å². The van der Waals surface area contributed by atoms with Gasteiger partial charge in [-0.1, -0.05) is 29.8 Å². The third-order valence-electron chi connectivity index (χ3n) is 1.71. The van der Waals surface area contributed by atoms with Gasteiger partial charge in [0.1, 0.15) is 0 Å². The summed E-state index contributed by atoms with van der Waals surface area (Å²) in [6.07, 6.45) is 0. The van der Waals surface area contributed by atoms with E-state index in [0.29, 0.717) is 13.2 Å². The highest BCUT2D eigenvalue weighted by Crippen LogP contribution is 2.15. The van der Waals surface area contributed by atoms with Crippen LogP contribution >= 0.6 is 11.6 Å². The molecule has 0 bridgehead atoms. The molecule has 72 valence electrons. The Labute approximate surface area is 83.9 Å². The maximum Gasteiger partial charge on any atom is 0.0731 e. The van der Waals surface area contributed by atoms with E-state index >= 15 is 0 Å². The molecular weight excluding hydrogens is 186 g/mol. The Morgan fingerprint density at radius 3 is 2.85 bits per heavy atom. The second kappa shape index (κ2) is 5.97. The summed E-state index contributed by atoms with van der Waals surface area (Å²) in [6.45, 7) is 2.16. The van der Waals surface area contributed by atoms with Crippen LogP contribution in [0.4, 0.5) is 0 Å². The fourth-order valence-corrected chi connectivity index (χ4v) is 1.16. The Morgan fingerprint density at radius 1 is 1.38 bits per heavy atom. The van der Waals surface area contributed by atoms with Crippen molar-refractivity contribution in [1.29, 1.82) is 0 Å². The monoisotopic (exact) mass is 199 g/mol. The van der Waals surface area contributed by atoms with Crippen LogP contribution in [-0.4, -0.2) is 20.2 Å². The maximum atomic E-state index is 5.94. The summed E-state index contributed by atoms with van der Waals surface area (Å²) in [6, 6.07) is 7.72. The number of likely N-dealkylation sites (N-methyl/N-ethyl adjacent to an activating group) is 1. The van der Waals surface area contributed by atoms with Crippen LogP contribution in [0.5, 0.6) is 0 Å². The molecule has 2 nitrogen and oxygen atoms in total. The van der Waals surface area contributed by atoms with Crippen LogP contribution in [0.1, 0.15) is 5.56 Å².